The second-order valence-electron chi connectivity index (χ2n) is 2.80. The number of rotatable bonds is 2. The lowest BCUT2D eigenvalue weighted by atomic mass is 10.2. The predicted molar refractivity (Wildman–Crippen MR) is 58.0 cm³/mol. The van der Waals surface area contributed by atoms with Crippen molar-refractivity contribution in [2.75, 3.05) is 5.32 Å². The lowest BCUT2D eigenvalue weighted by Gasteiger charge is -1.99. The van der Waals surface area contributed by atoms with Crippen LogP contribution in [0.3, 0.4) is 0 Å². The fraction of sp³-hybridized carbons (Fsp3) is 0. The number of hydrogen-bond acceptors (Lipinski definition) is 4. The molecule has 0 radical (unpaired) electrons. The number of anilines is 1. The lowest BCUT2D eigenvalue weighted by Crippen LogP contribution is -2.12. The highest BCUT2D eigenvalue weighted by atomic mass is 32.1. The van der Waals surface area contributed by atoms with Crippen LogP contribution in [0.4, 0.5) is 5.95 Å². The molecule has 0 bridgehead atoms. The van der Waals surface area contributed by atoms with Crippen molar-refractivity contribution in [2.45, 2.75) is 5.16 Å². The number of aromatic amines is 1. The second-order valence-corrected chi connectivity index (χ2v) is 3.20. The van der Waals surface area contributed by atoms with Crippen molar-refractivity contribution < 1.29 is 4.79 Å². The summed E-state index contributed by atoms with van der Waals surface area (Å²) >= 11 is 3.91. The Kier molecular flexibility index (Phi) is 2.68. The van der Waals surface area contributed by atoms with Crippen LogP contribution in [0, 0.1) is 0 Å². The van der Waals surface area contributed by atoms with Crippen LogP contribution in [0.25, 0.3) is 0 Å². The van der Waals surface area contributed by atoms with E-state index >= 15 is 0 Å². The molecule has 0 aliphatic rings. The van der Waals surface area contributed by atoms with E-state index in [9.17, 15) is 4.79 Å². The molecule has 1 amide bonds. The van der Waals surface area contributed by atoms with Crippen molar-refractivity contribution in [3.05, 3.63) is 35.9 Å². The topological polar surface area (TPSA) is 70.7 Å². The standard InChI is InChI=1S/C9H8N4OS/c14-7(6-4-2-1-3-5-6)10-8-11-9(15)13-12-8/h1-5H,(H3,10,11,12,13,14,15). The van der Waals surface area contributed by atoms with Crippen molar-refractivity contribution in [2.24, 2.45) is 0 Å². The van der Waals surface area contributed by atoms with Crippen molar-refractivity contribution >= 4 is 24.5 Å². The molecular formula is C9H8N4OS. The summed E-state index contributed by atoms with van der Waals surface area (Å²) in [4.78, 5) is 15.4. The molecule has 6 heteroatoms. The molecule has 0 fully saturated rings. The molecule has 0 saturated carbocycles. The molecule has 0 unspecified atom stereocenters. The summed E-state index contributed by atoms with van der Waals surface area (Å²) in [6.07, 6.45) is 0. The Labute approximate surface area is 91.3 Å². The second kappa shape index (κ2) is 4.14. The Morgan fingerprint density at radius 2 is 2.07 bits per heavy atom. The maximum Gasteiger partial charge on any atom is 0.258 e. The molecule has 15 heavy (non-hydrogen) atoms. The molecular weight excluding hydrogens is 212 g/mol. The lowest BCUT2D eigenvalue weighted by molar-refractivity contribution is 0.102. The van der Waals surface area contributed by atoms with Gasteiger partial charge in [-0.25, -0.2) is 5.10 Å². The summed E-state index contributed by atoms with van der Waals surface area (Å²) < 4.78 is 0. The van der Waals surface area contributed by atoms with Crippen LogP contribution in [0.2, 0.25) is 0 Å². The predicted octanol–water partition coefficient (Wildman–Crippen LogP) is 1.35. The van der Waals surface area contributed by atoms with E-state index in [1.807, 2.05) is 6.07 Å². The number of benzene rings is 1. The third-order valence-corrected chi connectivity index (χ3v) is 1.94. The summed E-state index contributed by atoms with van der Waals surface area (Å²) in [5, 5.41) is 9.07. The monoisotopic (exact) mass is 220 g/mol. The van der Waals surface area contributed by atoms with E-state index in [0.717, 1.165) is 0 Å². The van der Waals surface area contributed by atoms with Gasteiger partial charge in [0.15, 0.2) is 0 Å². The van der Waals surface area contributed by atoms with Gasteiger partial charge < -0.3 is 0 Å². The Morgan fingerprint density at radius 3 is 2.67 bits per heavy atom. The third kappa shape index (κ3) is 2.35. The first-order valence-corrected chi connectivity index (χ1v) is 4.68. The fourth-order valence-corrected chi connectivity index (χ4v) is 1.23. The van der Waals surface area contributed by atoms with Crippen LogP contribution in [0.5, 0.6) is 0 Å². The minimum absolute atomic E-state index is 0.236. The van der Waals surface area contributed by atoms with Crippen LogP contribution in [-0.4, -0.2) is 21.1 Å². The average molecular weight is 220 g/mol. The van der Waals surface area contributed by atoms with Gasteiger partial charge in [-0.05, 0) is 12.1 Å². The van der Waals surface area contributed by atoms with E-state index in [1.165, 1.54) is 0 Å². The van der Waals surface area contributed by atoms with E-state index in [-0.39, 0.29) is 11.9 Å². The summed E-state index contributed by atoms with van der Waals surface area (Å²) in [5.41, 5.74) is 0.564. The van der Waals surface area contributed by atoms with Gasteiger partial charge in [0.2, 0.25) is 11.1 Å². The molecule has 1 aromatic heterocycles. The van der Waals surface area contributed by atoms with Gasteiger partial charge in [-0.15, -0.1) is 17.7 Å². The van der Waals surface area contributed by atoms with Crippen LogP contribution in [0.1, 0.15) is 10.4 Å². The quantitative estimate of drug-likeness (QED) is 0.669. The van der Waals surface area contributed by atoms with Gasteiger partial charge in [0.1, 0.15) is 0 Å². The Bertz CT molecular complexity index is 468. The van der Waals surface area contributed by atoms with Crippen LogP contribution < -0.4 is 5.32 Å². The number of H-pyrrole nitrogens is 1. The summed E-state index contributed by atoms with van der Waals surface area (Å²) in [7, 11) is 0. The third-order valence-electron chi connectivity index (χ3n) is 1.74. The van der Waals surface area contributed by atoms with E-state index in [0.29, 0.717) is 10.7 Å². The minimum Gasteiger partial charge on any atom is -0.291 e. The number of nitrogens with one attached hydrogen (secondary N) is 2. The highest BCUT2D eigenvalue weighted by Gasteiger charge is 2.07. The van der Waals surface area contributed by atoms with Crippen molar-refractivity contribution in [3.8, 4) is 0 Å². The first kappa shape index (κ1) is 9.72. The molecule has 0 atom stereocenters. The number of hydrogen-bond donors (Lipinski definition) is 3. The van der Waals surface area contributed by atoms with Gasteiger partial charge in [-0.3, -0.25) is 10.1 Å². The molecule has 2 N–H and O–H groups in total. The molecule has 2 aromatic rings. The van der Waals surface area contributed by atoms with E-state index in [4.69, 9.17) is 0 Å². The smallest absolute Gasteiger partial charge is 0.258 e. The number of carbonyl (C=O) groups is 1. The van der Waals surface area contributed by atoms with Gasteiger partial charge in [-0.2, -0.15) is 4.98 Å². The Hall–Kier alpha value is -1.82. The van der Waals surface area contributed by atoms with Crippen LogP contribution >= 0.6 is 12.6 Å². The molecule has 0 saturated heterocycles. The zero-order valence-electron chi connectivity index (χ0n) is 7.64. The number of thiol groups is 1. The van der Waals surface area contributed by atoms with E-state index in [1.54, 1.807) is 24.3 Å². The number of amides is 1. The molecule has 1 aromatic carbocycles. The molecule has 1 heterocycles. The highest BCUT2D eigenvalue weighted by molar-refractivity contribution is 7.80. The fourth-order valence-electron chi connectivity index (χ4n) is 1.08. The average Bonchev–Trinajstić information content (AvgIpc) is 2.65. The Balaban J connectivity index is 2.11. The molecule has 0 aliphatic carbocycles. The van der Waals surface area contributed by atoms with Gasteiger partial charge in [-0.1, -0.05) is 18.2 Å². The van der Waals surface area contributed by atoms with Crippen LogP contribution in [-0.2, 0) is 0 Å². The summed E-state index contributed by atoms with van der Waals surface area (Å²) in [5.74, 6) is 0.0499. The maximum absolute atomic E-state index is 11.6. The summed E-state index contributed by atoms with van der Waals surface area (Å²) in [6.45, 7) is 0. The largest absolute Gasteiger partial charge is 0.291 e. The molecule has 76 valence electrons. The summed E-state index contributed by atoms with van der Waals surface area (Å²) in [6, 6.07) is 8.86. The van der Waals surface area contributed by atoms with Gasteiger partial charge in [0, 0.05) is 5.56 Å². The molecule has 0 aliphatic heterocycles. The zero-order valence-corrected chi connectivity index (χ0v) is 8.53. The van der Waals surface area contributed by atoms with Gasteiger partial charge >= 0.3 is 0 Å². The first-order chi connectivity index (χ1) is 7.25. The van der Waals surface area contributed by atoms with Crippen molar-refractivity contribution in [3.63, 3.8) is 0 Å². The zero-order chi connectivity index (χ0) is 10.7. The number of aromatic nitrogens is 3. The minimum atomic E-state index is -0.236. The van der Waals surface area contributed by atoms with Crippen molar-refractivity contribution in [1.29, 1.82) is 0 Å². The molecule has 2 rings (SSSR count). The van der Waals surface area contributed by atoms with Crippen LogP contribution in [0.15, 0.2) is 35.5 Å². The maximum atomic E-state index is 11.6. The molecule has 0 spiro atoms. The van der Waals surface area contributed by atoms with Crippen molar-refractivity contribution in [1.82, 2.24) is 15.2 Å². The first-order valence-electron chi connectivity index (χ1n) is 4.23. The number of nitrogens with zero attached hydrogens (tertiary/aromatic N) is 2. The highest BCUT2D eigenvalue weighted by Crippen LogP contribution is 2.05. The van der Waals surface area contributed by atoms with Gasteiger partial charge in [0.05, 0.1) is 0 Å². The van der Waals surface area contributed by atoms with E-state index < -0.39 is 0 Å². The molecule has 5 nitrogen and oxygen atoms in total. The van der Waals surface area contributed by atoms with E-state index in [2.05, 4.69) is 33.1 Å². The van der Waals surface area contributed by atoms with Gasteiger partial charge in [0.25, 0.3) is 5.91 Å². The number of carbonyl (C=O) groups excluding carboxylic acids is 1. The Morgan fingerprint density at radius 1 is 1.33 bits per heavy atom. The normalized spacial score (nSPS) is 9.93. The SMILES string of the molecule is O=C(Nc1nc(S)n[nH]1)c1ccccc1.